The van der Waals surface area contributed by atoms with E-state index in [9.17, 15) is 4.79 Å². The van der Waals surface area contributed by atoms with Gasteiger partial charge in [0.2, 0.25) is 0 Å². The average molecular weight is 268 g/mol. The fourth-order valence-corrected chi connectivity index (χ4v) is 1.89. The number of ether oxygens (including phenoxy) is 1. The summed E-state index contributed by atoms with van der Waals surface area (Å²) >= 11 is 0. The Labute approximate surface area is 114 Å². The van der Waals surface area contributed by atoms with Gasteiger partial charge in [-0.1, -0.05) is 20.8 Å². The quantitative estimate of drug-likeness (QED) is 0.665. The lowest BCUT2D eigenvalue weighted by Gasteiger charge is -2.20. The molecule has 0 fully saturated rings. The monoisotopic (exact) mass is 268 g/mol. The Hall–Kier alpha value is -1.43. The molecule has 0 saturated carbocycles. The molecule has 0 spiro atoms. The summed E-state index contributed by atoms with van der Waals surface area (Å²) in [7, 11) is 1.41. The van der Waals surface area contributed by atoms with E-state index >= 15 is 0 Å². The van der Waals surface area contributed by atoms with Crippen molar-refractivity contribution in [1.29, 1.82) is 0 Å². The number of aromatic nitrogens is 3. The minimum Gasteiger partial charge on any atom is -0.468 e. The molecule has 0 atom stereocenters. The molecular weight excluding hydrogens is 244 g/mol. The van der Waals surface area contributed by atoms with Crippen molar-refractivity contribution in [3.63, 3.8) is 0 Å². The minimum absolute atomic E-state index is 0.219. The average Bonchev–Trinajstić information content (AvgIpc) is 2.76. The summed E-state index contributed by atoms with van der Waals surface area (Å²) < 4.78 is 6.62. The molecule has 1 rings (SSSR count). The topological polar surface area (TPSA) is 60.3 Å². The van der Waals surface area contributed by atoms with E-state index in [2.05, 4.69) is 30.9 Å². The summed E-state index contributed by atoms with van der Waals surface area (Å²) in [6, 6.07) is 0. The molecule has 0 N–H and O–H groups in total. The third kappa shape index (κ3) is 5.38. The van der Waals surface area contributed by atoms with Crippen LogP contribution >= 0.6 is 0 Å². The molecule has 6 heteroatoms. The maximum atomic E-state index is 11.4. The van der Waals surface area contributed by atoms with Crippen molar-refractivity contribution in [2.24, 2.45) is 5.92 Å². The number of carbonyl (C=O) groups is 1. The van der Waals surface area contributed by atoms with Crippen LogP contribution in [0.4, 0.5) is 0 Å². The van der Waals surface area contributed by atoms with E-state index in [1.807, 2.05) is 9.58 Å². The predicted octanol–water partition coefficient (Wildman–Crippen LogP) is 1.32. The van der Waals surface area contributed by atoms with Crippen LogP contribution in [0.25, 0.3) is 0 Å². The number of hydrogen-bond donors (Lipinski definition) is 0. The van der Waals surface area contributed by atoms with E-state index in [1.165, 1.54) is 7.11 Å². The highest BCUT2D eigenvalue weighted by Crippen LogP contribution is 2.05. The molecular formula is C13H24N4O2. The van der Waals surface area contributed by atoms with Gasteiger partial charge in [0.1, 0.15) is 12.2 Å². The van der Waals surface area contributed by atoms with Crippen LogP contribution in [0, 0.1) is 5.92 Å². The molecule has 0 aliphatic heterocycles. The Kier molecular flexibility index (Phi) is 6.49. The lowest BCUT2D eigenvalue weighted by molar-refractivity contribution is -0.142. The molecule has 1 heterocycles. The Bertz CT molecular complexity index is 390. The van der Waals surface area contributed by atoms with Gasteiger partial charge in [-0.25, -0.2) is 9.67 Å². The zero-order valence-electron chi connectivity index (χ0n) is 12.3. The van der Waals surface area contributed by atoms with E-state index in [0.717, 1.165) is 25.3 Å². The van der Waals surface area contributed by atoms with Gasteiger partial charge in [-0.15, -0.1) is 0 Å². The maximum Gasteiger partial charge on any atom is 0.319 e. The molecule has 19 heavy (non-hydrogen) atoms. The van der Waals surface area contributed by atoms with Gasteiger partial charge in [0.05, 0.1) is 20.2 Å². The fraction of sp³-hybridized carbons (Fsp3) is 0.769. The summed E-state index contributed by atoms with van der Waals surface area (Å²) in [6.07, 6.45) is 2.55. The van der Waals surface area contributed by atoms with Crippen molar-refractivity contribution in [2.75, 3.05) is 20.2 Å². The number of rotatable bonds is 8. The first-order chi connectivity index (χ1) is 9.06. The second-order valence-electron chi connectivity index (χ2n) is 5.04. The number of nitrogens with zero attached hydrogens (tertiary/aromatic N) is 4. The second kappa shape index (κ2) is 7.89. The first kappa shape index (κ1) is 15.6. The van der Waals surface area contributed by atoms with Gasteiger partial charge in [0.25, 0.3) is 0 Å². The highest BCUT2D eigenvalue weighted by molar-refractivity contribution is 5.71. The zero-order valence-corrected chi connectivity index (χ0v) is 12.3. The molecule has 6 nitrogen and oxygen atoms in total. The Morgan fingerprint density at radius 3 is 2.84 bits per heavy atom. The summed E-state index contributed by atoms with van der Waals surface area (Å²) in [6.45, 7) is 8.96. The third-order valence-corrected chi connectivity index (χ3v) is 2.72. The first-order valence-corrected chi connectivity index (χ1v) is 6.72. The Balaban J connectivity index is 2.67. The Morgan fingerprint density at radius 1 is 1.53 bits per heavy atom. The molecule has 0 aromatic carbocycles. The number of esters is 1. The number of carbonyl (C=O) groups excluding carboxylic acids is 1. The van der Waals surface area contributed by atoms with Gasteiger partial charge in [-0.2, -0.15) is 5.10 Å². The van der Waals surface area contributed by atoms with Crippen molar-refractivity contribution in [3.8, 4) is 0 Å². The van der Waals surface area contributed by atoms with Crippen LogP contribution in [-0.2, 0) is 22.6 Å². The fourth-order valence-electron chi connectivity index (χ4n) is 1.89. The SMILES string of the molecule is CCCN(CC(=O)OC)Cc1ncnn1CC(C)C. The van der Waals surface area contributed by atoms with Crippen molar-refractivity contribution < 1.29 is 9.53 Å². The molecule has 0 aliphatic rings. The van der Waals surface area contributed by atoms with Crippen molar-refractivity contribution in [3.05, 3.63) is 12.2 Å². The predicted molar refractivity (Wildman–Crippen MR) is 72.4 cm³/mol. The van der Waals surface area contributed by atoms with E-state index in [4.69, 9.17) is 4.74 Å². The van der Waals surface area contributed by atoms with Crippen LogP contribution in [0.5, 0.6) is 0 Å². The van der Waals surface area contributed by atoms with Gasteiger partial charge in [-0.05, 0) is 18.9 Å². The van der Waals surface area contributed by atoms with E-state index < -0.39 is 0 Å². The van der Waals surface area contributed by atoms with E-state index in [-0.39, 0.29) is 5.97 Å². The molecule has 0 bridgehead atoms. The molecule has 0 unspecified atom stereocenters. The highest BCUT2D eigenvalue weighted by atomic mass is 16.5. The Morgan fingerprint density at radius 2 is 2.26 bits per heavy atom. The lowest BCUT2D eigenvalue weighted by Crippen LogP contribution is -2.32. The number of hydrogen-bond acceptors (Lipinski definition) is 5. The van der Waals surface area contributed by atoms with Gasteiger partial charge in [0, 0.05) is 6.54 Å². The lowest BCUT2D eigenvalue weighted by atomic mass is 10.2. The van der Waals surface area contributed by atoms with E-state index in [0.29, 0.717) is 19.0 Å². The van der Waals surface area contributed by atoms with Crippen LogP contribution in [0.3, 0.4) is 0 Å². The van der Waals surface area contributed by atoms with Gasteiger partial charge in [0.15, 0.2) is 0 Å². The summed E-state index contributed by atoms with van der Waals surface area (Å²) in [4.78, 5) is 17.7. The highest BCUT2D eigenvalue weighted by Gasteiger charge is 2.14. The van der Waals surface area contributed by atoms with Crippen LogP contribution in [0.2, 0.25) is 0 Å². The molecule has 0 saturated heterocycles. The number of methoxy groups -OCH3 is 1. The summed E-state index contributed by atoms with van der Waals surface area (Å²) in [5, 5.41) is 4.23. The van der Waals surface area contributed by atoms with Crippen LogP contribution in [0.1, 0.15) is 33.0 Å². The molecule has 1 aromatic rings. The standard InChI is InChI=1S/C13H24N4O2/c1-5-6-16(9-13(18)19-4)8-12-14-10-15-17(12)7-11(2)3/h10-11H,5-9H2,1-4H3. The maximum absolute atomic E-state index is 11.4. The minimum atomic E-state index is -0.219. The molecule has 1 aromatic heterocycles. The van der Waals surface area contributed by atoms with Crippen LogP contribution < -0.4 is 0 Å². The molecule has 108 valence electrons. The van der Waals surface area contributed by atoms with Gasteiger partial charge in [-0.3, -0.25) is 9.69 Å². The molecule has 0 aliphatic carbocycles. The van der Waals surface area contributed by atoms with Crippen molar-refractivity contribution >= 4 is 5.97 Å². The first-order valence-electron chi connectivity index (χ1n) is 6.72. The summed E-state index contributed by atoms with van der Waals surface area (Å²) in [5.74, 6) is 1.19. The second-order valence-corrected chi connectivity index (χ2v) is 5.04. The van der Waals surface area contributed by atoms with Crippen molar-refractivity contribution in [1.82, 2.24) is 19.7 Å². The van der Waals surface area contributed by atoms with Crippen molar-refractivity contribution in [2.45, 2.75) is 40.3 Å². The normalized spacial score (nSPS) is 11.3. The zero-order chi connectivity index (χ0) is 14.3. The van der Waals surface area contributed by atoms with Gasteiger partial charge < -0.3 is 4.74 Å². The van der Waals surface area contributed by atoms with Crippen LogP contribution in [0.15, 0.2) is 6.33 Å². The smallest absolute Gasteiger partial charge is 0.319 e. The largest absolute Gasteiger partial charge is 0.468 e. The van der Waals surface area contributed by atoms with Crippen LogP contribution in [-0.4, -0.2) is 45.8 Å². The van der Waals surface area contributed by atoms with E-state index in [1.54, 1.807) is 6.33 Å². The van der Waals surface area contributed by atoms with Gasteiger partial charge >= 0.3 is 5.97 Å². The molecule has 0 radical (unpaired) electrons. The molecule has 0 amide bonds. The summed E-state index contributed by atoms with van der Waals surface area (Å²) in [5.41, 5.74) is 0. The third-order valence-electron chi connectivity index (χ3n) is 2.72.